The van der Waals surface area contributed by atoms with Gasteiger partial charge in [-0.15, -0.1) is 0 Å². The first-order valence-electron chi connectivity index (χ1n) is 5.90. The molecule has 0 aliphatic rings. The molecule has 0 aliphatic carbocycles. The summed E-state index contributed by atoms with van der Waals surface area (Å²) in [6, 6.07) is 3.95. The molecule has 2 N–H and O–H groups in total. The van der Waals surface area contributed by atoms with Crippen molar-refractivity contribution >= 4 is 5.91 Å². The lowest BCUT2D eigenvalue weighted by atomic mass is 9.80. The Labute approximate surface area is 109 Å². The number of benzene rings is 1. The fourth-order valence-electron chi connectivity index (χ4n) is 2.24. The average molecular weight is 250 g/mol. The Kier molecular flexibility index (Phi) is 4.02. The molecule has 0 saturated heterocycles. The minimum Gasteiger partial charge on any atom is -0.496 e. The molecule has 0 unspecified atom stereocenters. The topological polar surface area (TPSA) is 55.6 Å². The monoisotopic (exact) mass is 250 g/mol. The van der Waals surface area contributed by atoms with E-state index in [2.05, 4.69) is 0 Å². The highest BCUT2D eigenvalue weighted by molar-refractivity contribution is 5.87. The van der Waals surface area contributed by atoms with Crippen LogP contribution in [0.25, 0.3) is 0 Å². The summed E-state index contributed by atoms with van der Waals surface area (Å²) in [6.45, 7) is 7.71. The predicted octanol–water partition coefficient (Wildman–Crippen LogP) is 1.92. The molecule has 1 amide bonds. The molecule has 0 radical (unpaired) electrons. The summed E-state index contributed by atoms with van der Waals surface area (Å²) in [4.78, 5) is 12.2. The molecular formula is C14H22N2O2. The number of hydrogen-bond acceptors (Lipinski definition) is 3. The molecule has 1 aromatic carbocycles. The molecule has 18 heavy (non-hydrogen) atoms. The second-order valence-electron chi connectivity index (χ2n) is 5.18. The number of hydrogen-bond donors (Lipinski definition) is 1. The third-order valence-electron chi connectivity index (χ3n) is 3.27. The first kappa shape index (κ1) is 14.5. The molecule has 0 bridgehead atoms. The van der Waals surface area contributed by atoms with Crippen LogP contribution in [0.15, 0.2) is 12.1 Å². The maximum absolute atomic E-state index is 12.2. The lowest BCUT2D eigenvalue weighted by Gasteiger charge is -2.29. The number of carbonyl (C=O) groups is 1. The fourth-order valence-corrected chi connectivity index (χ4v) is 2.24. The predicted molar refractivity (Wildman–Crippen MR) is 72.5 cm³/mol. The van der Waals surface area contributed by atoms with Crippen LogP contribution in [-0.4, -0.2) is 25.1 Å². The van der Waals surface area contributed by atoms with E-state index in [0.29, 0.717) is 0 Å². The molecular weight excluding hydrogens is 228 g/mol. The number of hydrazine groups is 1. The Balaban J connectivity index is 3.33. The lowest BCUT2D eigenvalue weighted by Crippen LogP contribution is -2.45. The number of carbonyl (C=O) groups excluding carboxylic acids is 1. The van der Waals surface area contributed by atoms with Gasteiger partial charge in [0.1, 0.15) is 5.75 Å². The maximum Gasteiger partial charge on any atom is 0.246 e. The zero-order valence-corrected chi connectivity index (χ0v) is 12.0. The number of aryl methyl sites for hydroxylation is 2. The second kappa shape index (κ2) is 4.98. The molecule has 0 aromatic heterocycles. The zero-order chi connectivity index (χ0) is 14.1. The van der Waals surface area contributed by atoms with E-state index >= 15 is 0 Å². The van der Waals surface area contributed by atoms with Gasteiger partial charge in [-0.1, -0.05) is 6.07 Å². The molecule has 100 valence electrons. The van der Waals surface area contributed by atoms with Gasteiger partial charge < -0.3 is 4.74 Å². The van der Waals surface area contributed by atoms with Gasteiger partial charge in [0, 0.05) is 7.05 Å². The van der Waals surface area contributed by atoms with Gasteiger partial charge in [-0.3, -0.25) is 9.80 Å². The van der Waals surface area contributed by atoms with Gasteiger partial charge in [0.05, 0.1) is 12.5 Å². The molecule has 0 heterocycles. The van der Waals surface area contributed by atoms with E-state index in [1.165, 1.54) is 0 Å². The number of nitrogens with zero attached hydrogens (tertiary/aromatic N) is 1. The highest BCUT2D eigenvalue weighted by atomic mass is 16.5. The number of amides is 1. The largest absolute Gasteiger partial charge is 0.496 e. The van der Waals surface area contributed by atoms with E-state index in [1.54, 1.807) is 14.2 Å². The summed E-state index contributed by atoms with van der Waals surface area (Å²) in [6.07, 6.45) is 0. The van der Waals surface area contributed by atoms with Crippen molar-refractivity contribution in [2.45, 2.75) is 33.1 Å². The van der Waals surface area contributed by atoms with E-state index in [-0.39, 0.29) is 5.91 Å². The quantitative estimate of drug-likeness (QED) is 0.506. The Morgan fingerprint density at radius 3 is 2.28 bits per heavy atom. The van der Waals surface area contributed by atoms with Crippen LogP contribution in [0.1, 0.15) is 30.5 Å². The van der Waals surface area contributed by atoms with Gasteiger partial charge >= 0.3 is 0 Å². The molecule has 0 fully saturated rings. The first-order valence-corrected chi connectivity index (χ1v) is 5.90. The van der Waals surface area contributed by atoms with Crippen LogP contribution in [0.2, 0.25) is 0 Å². The Morgan fingerprint density at radius 2 is 1.83 bits per heavy atom. The van der Waals surface area contributed by atoms with Crippen molar-refractivity contribution in [3.05, 3.63) is 28.8 Å². The van der Waals surface area contributed by atoms with Crippen LogP contribution < -0.4 is 10.6 Å². The van der Waals surface area contributed by atoms with E-state index in [4.69, 9.17) is 10.6 Å². The molecule has 0 atom stereocenters. The number of likely N-dealkylation sites (N-methyl/N-ethyl adjacent to an activating group) is 1. The van der Waals surface area contributed by atoms with Crippen LogP contribution in [0.4, 0.5) is 0 Å². The van der Waals surface area contributed by atoms with Crippen LogP contribution in [0.5, 0.6) is 5.75 Å². The third-order valence-corrected chi connectivity index (χ3v) is 3.27. The van der Waals surface area contributed by atoms with Crippen LogP contribution in [0, 0.1) is 13.8 Å². The van der Waals surface area contributed by atoms with Gasteiger partial charge in [0.15, 0.2) is 0 Å². The minimum absolute atomic E-state index is 0.116. The number of rotatable bonds is 3. The summed E-state index contributed by atoms with van der Waals surface area (Å²) >= 11 is 0. The summed E-state index contributed by atoms with van der Waals surface area (Å²) in [7, 11) is 3.21. The maximum atomic E-state index is 12.2. The smallest absolute Gasteiger partial charge is 0.246 e. The molecule has 1 rings (SSSR count). The Bertz CT molecular complexity index is 465. The highest BCUT2D eigenvalue weighted by Crippen LogP contribution is 2.32. The summed E-state index contributed by atoms with van der Waals surface area (Å²) in [5, 5.41) is 1.14. The van der Waals surface area contributed by atoms with Crippen molar-refractivity contribution in [1.29, 1.82) is 0 Å². The van der Waals surface area contributed by atoms with E-state index in [0.717, 1.165) is 27.4 Å². The minimum atomic E-state index is -0.648. The zero-order valence-electron chi connectivity index (χ0n) is 12.0. The first-order chi connectivity index (χ1) is 8.21. The molecule has 0 aliphatic heterocycles. The standard InChI is InChI=1S/C14H22N2O2/c1-9-8-12(18-6)10(2)7-11(9)14(3,4)13(17)16(5)15/h7-8H,15H2,1-6H3. The number of methoxy groups -OCH3 is 1. The van der Waals surface area contributed by atoms with Crippen LogP contribution >= 0.6 is 0 Å². The highest BCUT2D eigenvalue weighted by Gasteiger charge is 2.33. The van der Waals surface area contributed by atoms with Crippen molar-refractivity contribution in [1.82, 2.24) is 5.01 Å². The van der Waals surface area contributed by atoms with Gasteiger partial charge in [-0.25, -0.2) is 5.84 Å². The summed E-state index contributed by atoms with van der Waals surface area (Å²) in [5.41, 5.74) is 2.37. The van der Waals surface area contributed by atoms with Crippen molar-refractivity contribution in [2.24, 2.45) is 5.84 Å². The third kappa shape index (κ3) is 2.48. The Hall–Kier alpha value is -1.55. The van der Waals surface area contributed by atoms with E-state index in [9.17, 15) is 4.79 Å². The molecule has 1 aromatic rings. The summed E-state index contributed by atoms with van der Waals surface area (Å²) in [5.74, 6) is 6.28. The number of nitrogens with two attached hydrogens (primary N) is 1. The van der Waals surface area contributed by atoms with Gasteiger partial charge in [-0.05, 0) is 50.5 Å². The molecule has 4 heteroatoms. The van der Waals surface area contributed by atoms with Gasteiger partial charge in [0.2, 0.25) is 5.91 Å². The SMILES string of the molecule is COc1cc(C)c(C(C)(C)C(=O)N(C)N)cc1C. The van der Waals surface area contributed by atoms with Gasteiger partial charge in [-0.2, -0.15) is 0 Å². The lowest BCUT2D eigenvalue weighted by molar-refractivity contribution is -0.135. The summed E-state index contributed by atoms with van der Waals surface area (Å²) < 4.78 is 5.28. The van der Waals surface area contributed by atoms with Crippen LogP contribution in [-0.2, 0) is 10.2 Å². The van der Waals surface area contributed by atoms with Crippen LogP contribution in [0.3, 0.4) is 0 Å². The Morgan fingerprint density at radius 1 is 1.28 bits per heavy atom. The van der Waals surface area contributed by atoms with E-state index in [1.807, 2.05) is 39.8 Å². The van der Waals surface area contributed by atoms with Gasteiger partial charge in [0.25, 0.3) is 0 Å². The van der Waals surface area contributed by atoms with Crippen molar-refractivity contribution < 1.29 is 9.53 Å². The molecule has 4 nitrogen and oxygen atoms in total. The average Bonchev–Trinajstić information content (AvgIpc) is 2.30. The van der Waals surface area contributed by atoms with Crippen molar-refractivity contribution in [3.8, 4) is 5.75 Å². The molecule has 0 spiro atoms. The van der Waals surface area contributed by atoms with Crippen molar-refractivity contribution in [2.75, 3.05) is 14.2 Å². The van der Waals surface area contributed by atoms with Crippen molar-refractivity contribution in [3.63, 3.8) is 0 Å². The van der Waals surface area contributed by atoms with E-state index < -0.39 is 5.41 Å². The second-order valence-corrected chi connectivity index (χ2v) is 5.18. The number of ether oxygens (including phenoxy) is 1. The fraction of sp³-hybridized carbons (Fsp3) is 0.500. The molecule has 0 saturated carbocycles. The normalized spacial score (nSPS) is 11.3.